The maximum atomic E-state index is 6.12. The van der Waals surface area contributed by atoms with Crippen LogP contribution >= 0.6 is 11.6 Å². The minimum absolute atomic E-state index is 0.734. The van der Waals surface area contributed by atoms with Gasteiger partial charge in [-0.1, -0.05) is 29.8 Å². The van der Waals surface area contributed by atoms with Gasteiger partial charge in [0, 0.05) is 30.2 Å². The average Bonchev–Trinajstić information content (AvgIpc) is 2.56. The molecule has 0 spiro atoms. The highest BCUT2D eigenvalue weighted by molar-refractivity contribution is 6.30. The molecule has 0 amide bonds. The summed E-state index contributed by atoms with van der Waals surface area (Å²) in [6.45, 7) is 4.53. The van der Waals surface area contributed by atoms with Crippen molar-refractivity contribution < 1.29 is 9.47 Å². The van der Waals surface area contributed by atoms with E-state index < -0.39 is 0 Å². The molecule has 3 nitrogen and oxygen atoms in total. The van der Waals surface area contributed by atoms with Gasteiger partial charge in [-0.15, -0.1) is 0 Å². The van der Waals surface area contributed by atoms with Crippen LogP contribution in [0.3, 0.4) is 0 Å². The first kappa shape index (κ1) is 15.3. The maximum Gasteiger partial charge on any atom is 0.126 e. The van der Waals surface area contributed by atoms with E-state index in [1.54, 1.807) is 7.11 Å². The molecule has 0 bridgehead atoms. The zero-order valence-corrected chi connectivity index (χ0v) is 13.5. The molecule has 1 fully saturated rings. The minimum atomic E-state index is 0.734. The fourth-order valence-corrected chi connectivity index (χ4v) is 2.94. The zero-order valence-electron chi connectivity index (χ0n) is 12.7. The Kier molecular flexibility index (Phi) is 4.98. The third kappa shape index (κ3) is 3.61. The van der Waals surface area contributed by atoms with Crippen molar-refractivity contribution in [2.24, 2.45) is 0 Å². The van der Waals surface area contributed by atoms with E-state index in [0.29, 0.717) is 0 Å². The molecule has 1 heterocycles. The lowest BCUT2D eigenvalue weighted by molar-refractivity contribution is 0.0342. The van der Waals surface area contributed by atoms with Gasteiger partial charge in [-0.2, -0.15) is 0 Å². The molecule has 3 rings (SSSR count). The lowest BCUT2D eigenvalue weighted by Gasteiger charge is -2.26. The topological polar surface area (TPSA) is 21.7 Å². The summed E-state index contributed by atoms with van der Waals surface area (Å²) in [5.41, 5.74) is 3.43. The molecule has 0 saturated carbocycles. The van der Waals surface area contributed by atoms with Crippen molar-refractivity contribution in [1.29, 1.82) is 0 Å². The van der Waals surface area contributed by atoms with Gasteiger partial charge in [0.1, 0.15) is 5.75 Å². The van der Waals surface area contributed by atoms with E-state index in [1.165, 1.54) is 5.56 Å². The lowest BCUT2D eigenvalue weighted by atomic mass is 10.0. The number of morpholine rings is 1. The molecule has 116 valence electrons. The highest BCUT2D eigenvalue weighted by Crippen LogP contribution is 2.32. The molecule has 4 heteroatoms. The van der Waals surface area contributed by atoms with E-state index in [-0.39, 0.29) is 0 Å². The molecule has 0 aromatic heterocycles. The van der Waals surface area contributed by atoms with Gasteiger partial charge in [0.15, 0.2) is 0 Å². The molecule has 0 radical (unpaired) electrons. The Morgan fingerprint density at radius 2 is 1.95 bits per heavy atom. The second kappa shape index (κ2) is 7.14. The third-order valence-electron chi connectivity index (χ3n) is 3.91. The van der Waals surface area contributed by atoms with E-state index >= 15 is 0 Å². The van der Waals surface area contributed by atoms with Crippen molar-refractivity contribution in [3.63, 3.8) is 0 Å². The highest BCUT2D eigenvalue weighted by atomic mass is 35.5. The van der Waals surface area contributed by atoms with Crippen molar-refractivity contribution in [2.45, 2.75) is 6.54 Å². The van der Waals surface area contributed by atoms with Crippen LogP contribution in [0.1, 0.15) is 5.56 Å². The van der Waals surface area contributed by atoms with Crippen LogP contribution in [-0.4, -0.2) is 38.3 Å². The van der Waals surface area contributed by atoms with Crippen molar-refractivity contribution in [3.8, 4) is 16.9 Å². The molecule has 2 aromatic rings. The predicted octanol–water partition coefficient (Wildman–Crippen LogP) is 3.85. The number of methoxy groups -OCH3 is 1. The normalized spacial score (nSPS) is 15.7. The van der Waals surface area contributed by atoms with Gasteiger partial charge in [0.05, 0.1) is 20.3 Å². The fraction of sp³-hybridized carbons (Fsp3) is 0.333. The minimum Gasteiger partial charge on any atom is -0.496 e. The van der Waals surface area contributed by atoms with E-state index in [9.17, 15) is 0 Å². The Labute approximate surface area is 136 Å². The maximum absolute atomic E-state index is 6.12. The number of rotatable bonds is 4. The number of halogens is 1. The summed E-state index contributed by atoms with van der Waals surface area (Å²) in [6, 6.07) is 14.2. The van der Waals surface area contributed by atoms with Crippen LogP contribution in [0.15, 0.2) is 42.5 Å². The van der Waals surface area contributed by atoms with Crippen LogP contribution in [0, 0.1) is 0 Å². The Bertz CT molecular complexity index is 639. The molecule has 1 aliphatic heterocycles. The highest BCUT2D eigenvalue weighted by Gasteiger charge is 2.13. The van der Waals surface area contributed by atoms with Crippen LogP contribution in [0.25, 0.3) is 11.1 Å². The summed E-state index contributed by atoms with van der Waals surface area (Å²) < 4.78 is 10.9. The van der Waals surface area contributed by atoms with E-state index in [4.69, 9.17) is 21.1 Å². The van der Waals surface area contributed by atoms with Crippen LogP contribution in [0.5, 0.6) is 5.75 Å². The van der Waals surface area contributed by atoms with Gasteiger partial charge in [-0.3, -0.25) is 4.90 Å². The number of nitrogens with zero attached hydrogens (tertiary/aromatic N) is 1. The first-order chi connectivity index (χ1) is 10.8. The fourth-order valence-electron chi connectivity index (χ4n) is 2.75. The molecule has 2 aromatic carbocycles. The van der Waals surface area contributed by atoms with E-state index in [0.717, 1.165) is 54.7 Å². The number of ether oxygens (including phenoxy) is 2. The molecular weight excluding hydrogens is 298 g/mol. The van der Waals surface area contributed by atoms with Gasteiger partial charge in [0.2, 0.25) is 0 Å². The Hall–Kier alpha value is -1.55. The number of hydrogen-bond acceptors (Lipinski definition) is 3. The summed E-state index contributed by atoms with van der Waals surface area (Å²) in [4.78, 5) is 2.41. The smallest absolute Gasteiger partial charge is 0.126 e. The molecule has 1 saturated heterocycles. The molecule has 22 heavy (non-hydrogen) atoms. The van der Waals surface area contributed by atoms with Crippen molar-refractivity contribution in [1.82, 2.24) is 4.90 Å². The first-order valence-electron chi connectivity index (χ1n) is 7.49. The van der Waals surface area contributed by atoms with Crippen LogP contribution in [-0.2, 0) is 11.3 Å². The van der Waals surface area contributed by atoms with Gasteiger partial charge in [0.25, 0.3) is 0 Å². The van der Waals surface area contributed by atoms with Crippen LogP contribution < -0.4 is 4.74 Å². The largest absolute Gasteiger partial charge is 0.496 e. The van der Waals surface area contributed by atoms with Crippen LogP contribution in [0.4, 0.5) is 0 Å². The lowest BCUT2D eigenvalue weighted by Crippen LogP contribution is -2.35. The van der Waals surface area contributed by atoms with Gasteiger partial charge >= 0.3 is 0 Å². The summed E-state index contributed by atoms with van der Waals surface area (Å²) in [6.07, 6.45) is 0. The summed E-state index contributed by atoms with van der Waals surface area (Å²) >= 11 is 6.12. The van der Waals surface area contributed by atoms with Crippen LogP contribution in [0.2, 0.25) is 5.02 Å². The molecule has 0 unspecified atom stereocenters. The number of hydrogen-bond donors (Lipinski definition) is 0. The molecule has 1 aliphatic rings. The summed E-state index contributed by atoms with van der Waals surface area (Å²) in [5.74, 6) is 0.869. The quantitative estimate of drug-likeness (QED) is 0.855. The number of benzene rings is 2. The second-order valence-electron chi connectivity index (χ2n) is 5.43. The third-order valence-corrected chi connectivity index (χ3v) is 4.14. The Morgan fingerprint density at radius 3 is 2.68 bits per heavy atom. The predicted molar refractivity (Wildman–Crippen MR) is 89.5 cm³/mol. The van der Waals surface area contributed by atoms with E-state index in [2.05, 4.69) is 23.1 Å². The average molecular weight is 318 g/mol. The first-order valence-corrected chi connectivity index (χ1v) is 7.87. The molecular formula is C18H20ClNO2. The molecule has 0 N–H and O–H groups in total. The van der Waals surface area contributed by atoms with Crippen molar-refractivity contribution in [2.75, 3.05) is 33.4 Å². The van der Waals surface area contributed by atoms with Gasteiger partial charge < -0.3 is 9.47 Å². The second-order valence-corrected chi connectivity index (χ2v) is 5.87. The van der Waals surface area contributed by atoms with E-state index in [1.807, 2.05) is 24.3 Å². The monoisotopic (exact) mass is 317 g/mol. The zero-order chi connectivity index (χ0) is 15.4. The summed E-state index contributed by atoms with van der Waals surface area (Å²) in [5, 5.41) is 0.734. The van der Waals surface area contributed by atoms with Gasteiger partial charge in [-0.25, -0.2) is 0 Å². The standard InChI is InChI=1S/C18H20ClNO2/c1-21-18-6-5-14(13-20-7-9-22-10-8-20)11-17(18)15-3-2-4-16(19)12-15/h2-6,11-12H,7-10,13H2,1H3. The Balaban J connectivity index is 1.89. The Morgan fingerprint density at radius 1 is 1.14 bits per heavy atom. The molecule has 0 aliphatic carbocycles. The van der Waals surface area contributed by atoms with Gasteiger partial charge in [-0.05, 0) is 35.4 Å². The summed E-state index contributed by atoms with van der Waals surface area (Å²) in [7, 11) is 1.70. The van der Waals surface area contributed by atoms with Crippen molar-refractivity contribution >= 4 is 11.6 Å². The van der Waals surface area contributed by atoms with Crippen molar-refractivity contribution in [3.05, 3.63) is 53.1 Å². The molecule has 0 atom stereocenters. The SMILES string of the molecule is COc1ccc(CN2CCOCC2)cc1-c1cccc(Cl)c1.